The maximum absolute atomic E-state index is 13.5. The highest BCUT2D eigenvalue weighted by Crippen LogP contribution is 2.10. The fraction of sp³-hybridized carbons (Fsp3) is 0.467. The average Bonchev–Trinajstić information content (AvgIpc) is 2.90. The Morgan fingerprint density at radius 1 is 1.25 bits per heavy atom. The summed E-state index contributed by atoms with van der Waals surface area (Å²) >= 11 is 0. The van der Waals surface area contributed by atoms with E-state index >= 15 is 0 Å². The molecule has 5 heteroatoms. The third kappa shape index (κ3) is 4.42. The van der Waals surface area contributed by atoms with Crippen LogP contribution in [0, 0.1) is 5.82 Å². The Balaban J connectivity index is 1.75. The molecule has 20 heavy (non-hydrogen) atoms. The van der Waals surface area contributed by atoms with Crippen LogP contribution in [0.15, 0.2) is 36.9 Å². The van der Waals surface area contributed by atoms with E-state index < -0.39 is 0 Å². The van der Waals surface area contributed by atoms with Crippen molar-refractivity contribution in [2.75, 3.05) is 0 Å². The molecule has 0 saturated carbocycles. The van der Waals surface area contributed by atoms with Crippen molar-refractivity contribution in [2.24, 2.45) is 0 Å². The molecule has 0 radical (unpaired) electrons. The standard InChI is InChI=1S/C15H21FN4/c1-12(7-8-14-5-3-4-6-15(14)16)19-13(2)9-20-11-17-10-18-20/h3-6,10-13,19H,7-9H2,1-2H3/t12-,13-/m0/s1. The zero-order valence-corrected chi connectivity index (χ0v) is 12.0. The van der Waals surface area contributed by atoms with Crippen molar-refractivity contribution < 1.29 is 4.39 Å². The maximum Gasteiger partial charge on any atom is 0.137 e. The molecule has 1 N–H and O–H groups in total. The van der Waals surface area contributed by atoms with Crippen LogP contribution in [-0.2, 0) is 13.0 Å². The topological polar surface area (TPSA) is 42.7 Å². The van der Waals surface area contributed by atoms with Crippen molar-refractivity contribution in [3.8, 4) is 0 Å². The van der Waals surface area contributed by atoms with Gasteiger partial charge < -0.3 is 5.32 Å². The summed E-state index contributed by atoms with van der Waals surface area (Å²) in [6.07, 6.45) is 4.90. The Morgan fingerprint density at radius 2 is 2.05 bits per heavy atom. The van der Waals surface area contributed by atoms with Crippen LogP contribution in [0.25, 0.3) is 0 Å². The van der Waals surface area contributed by atoms with Crippen molar-refractivity contribution in [3.63, 3.8) is 0 Å². The molecule has 108 valence electrons. The zero-order valence-electron chi connectivity index (χ0n) is 12.0. The Bertz CT molecular complexity index is 512. The van der Waals surface area contributed by atoms with Crippen LogP contribution >= 0.6 is 0 Å². The first-order valence-electron chi connectivity index (χ1n) is 6.97. The Hall–Kier alpha value is -1.75. The van der Waals surface area contributed by atoms with Crippen LogP contribution in [0.5, 0.6) is 0 Å². The third-order valence-electron chi connectivity index (χ3n) is 3.30. The first-order chi connectivity index (χ1) is 9.65. The van der Waals surface area contributed by atoms with E-state index in [0.29, 0.717) is 12.1 Å². The molecule has 1 aromatic heterocycles. The minimum absolute atomic E-state index is 0.115. The number of nitrogens with one attached hydrogen (secondary N) is 1. The third-order valence-corrected chi connectivity index (χ3v) is 3.30. The van der Waals surface area contributed by atoms with Crippen molar-refractivity contribution in [2.45, 2.75) is 45.3 Å². The minimum atomic E-state index is -0.115. The number of aromatic nitrogens is 3. The van der Waals surface area contributed by atoms with E-state index in [1.165, 1.54) is 12.4 Å². The van der Waals surface area contributed by atoms with Gasteiger partial charge >= 0.3 is 0 Å². The van der Waals surface area contributed by atoms with Gasteiger partial charge in [0, 0.05) is 12.1 Å². The van der Waals surface area contributed by atoms with Gasteiger partial charge in [-0.05, 0) is 38.3 Å². The smallest absolute Gasteiger partial charge is 0.137 e. The Kier molecular flexibility index (Phi) is 5.24. The number of rotatable bonds is 7. The van der Waals surface area contributed by atoms with Gasteiger partial charge in [0.25, 0.3) is 0 Å². The SMILES string of the molecule is C[C@@H](CCc1ccccc1F)N[C@@H](C)Cn1cncn1. The normalized spacial score (nSPS) is 14.2. The van der Waals surface area contributed by atoms with Crippen LogP contribution in [-0.4, -0.2) is 26.8 Å². The molecule has 0 aliphatic heterocycles. The van der Waals surface area contributed by atoms with Gasteiger partial charge in [-0.3, -0.25) is 4.68 Å². The van der Waals surface area contributed by atoms with Gasteiger partial charge in [0.05, 0.1) is 6.54 Å². The molecular weight excluding hydrogens is 255 g/mol. The quantitative estimate of drug-likeness (QED) is 0.844. The van der Waals surface area contributed by atoms with E-state index in [-0.39, 0.29) is 5.82 Å². The zero-order chi connectivity index (χ0) is 14.4. The van der Waals surface area contributed by atoms with E-state index in [1.54, 1.807) is 17.1 Å². The van der Waals surface area contributed by atoms with Crippen LogP contribution in [0.1, 0.15) is 25.8 Å². The van der Waals surface area contributed by atoms with E-state index in [2.05, 4.69) is 29.2 Å². The average molecular weight is 276 g/mol. The van der Waals surface area contributed by atoms with Crippen molar-refractivity contribution >= 4 is 0 Å². The second kappa shape index (κ2) is 7.14. The number of halogens is 1. The van der Waals surface area contributed by atoms with Crippen LogP contribution < -0.4 is 5.32 Å². The molecule has 0 amide bonds. The molecular formula is C15H21FN4. The number of aryl methyl sites for hydroxylation is 1. The molecule has 0 unspecified atom stereocenters. The van der Waals surface area contributed by atoms with Crippen LogP contribution in [0.4, 0.5) is 4.39 Å². The summed E-state index contributed by atoms with van der Waals surface area (Å²) in [6, 6.07) is 7.59. The van der Waals surface area contributed by atoms with Crippen molar-refractivity contribution in [1.29, 1.82) is 0 Å². The summed E-state index contributed by atoms with van der Waals surface area (Å²) in [5, 5.41) is 7.58. The first-order valence-corrected chi connectivity index (χ1v) is 6.97. The van der Waals surface area contributed by atoms with Gasteiger partial charge in [-0.25, -0.2) is 9.37 Å². The fourth-order valence-corrected chi connectivity index (χ4v) is 2.30. The van der Waals surface area contributed by atoms with Gasteiger partial charge in [-0.2, -0.15) is 5.10 Å². The van der Waals surface area contributed by atoms with Crippen LogP contribution in [0.2, 0.25) is 0 Å². The molecule has 2 rings (SSSR count). The van der Waals surface area contributed by atoms with Gasteiger partial charge in [0.15, 0.2) is 0 Å². The van der Waals surface area contributed by atoms with Gasteiger partial charge in [0.2, 0.25) is 0 Å². The summed E-state index contributed by atoms with van der Waals surface area (Å²) in [5.74, 6) is -0.115. The Morgan fingerprint density at radius 3 is 2.75 bits per heavy atom. The molecule has 0 saturated heterocycles. The predicted molar refractivity (Wildman–Crippen MR) is 76.8 cm³/mol. The second-order valence-electron chi connectivity index (χ2n) is 5.22. The molecule has 2 atom stereocenters. The summed E-state index contributed by atoms with van der Waals surface area (Å²) in [7, 11) is 0. The van der Waals surface area contributed by atoms with E-state index in [9.17, 15) is 4.39 Å². The van der Waals surface area contributed by atoms with Crippen molar-refractivity contribution in [3.05, 3.63) is 48.3 Å². The number of benzene rings is 1. The summed E-state index contributed by atoms with van der Waals surface area (Å²) in [4.78, 5) is 3.92. The van der Waals surface area contributed by atoms with E-state index in [0.717, 1.165) is 24.9 Å². The first kappa shape index (κ1) is 14.7. The van der Waals surface area contributed by atoms with Gasteiger partial charge in [0.1, 0.15) is 18.5 Å². The number of nitrogens with zero attached hydrogens (tertiary/aromatic N) is 3. The molecule has 0 aliphatic rings. The molecule has 2 aromatic rings. The molecule has 0 spiro atoms. The lowest BCUT2D eigenvalue weighted by Crippen LogP contribution is -2.37. The second-order valence-corrected chi connectivity index (χ2v) is 5.22. The Labute approximate surface area is 119 Å². The molecule has 1 heterocycles. The summed E-state index contributed by atoms with van der Waals surface area (Å²) < 4.78 is 15.3. The minimum Gasteiger partial charge on any atom is -0.310 e. The summed E-state index contributed by atoms with van der Waals surface area (Å²) in [5.41, 5.74) is 0.782. The highest BCUT2D eigenvalue weighted by Gasteiger charge is 2.09. The van der Waals surface area contributed by atoms with Crippen LogP contribution in [0.3, 0.4) is 0 Å². The van der Waals surface area contributed by atoms with Gasteiger partial charge in [-0.15, -0.1) is 0 Å². The maximum atomic E-state index is 13.5. The number of hydrogen-bond acceptors (Lipinski definition) is 3. The highest BCUT2D eigenvalue weighted by atomic mass is 19.1. The summed E-state index contributed by atoms with van der Waals surface area (Å²) in [6.45, 7) is 5.02. The van der Waals surface area contributed by atoms with Crippen molar-refractivity contribution in [1.82, 2.24) is 20.1 Å². The molecule has 0 aliphatic carbocycles. The lowest BCUT2D eigenvalue weighted by atomic mass is 10.1. The molecule has 4 nitrogen and oxygen atoms in total. The highest BCUT2D eigenvalue weighted by molar-refractivity contribution is 5.17. The lowest BCUT2D eigenvalue weighted by Gasteiger charge is -2.20. The lowest BCUT2D eigenvalue weighted by molar-refractivity contribution is 0.393. The monoisotopic (exact) mass is 276 g/mol. The molecule has 0 bridgehead atoms. The van der Waals surface area contributed by atoms with Gasteiger partial charge in [-0.1, -0.05) is 18.2 Å². The molecule has 0 fully saturated rings. The predicted octanol–water partition coefficient (Wildman–Crippen LogP) is 2.42. The fourth-order valence-electron chi connectivity index (χ4n) is 2.30. The van der Waals surface area contributed by atoms with E-state index in [4.69, 9.17) is 0 Å². The van der Waals surface area contributed by atoms with E-state index in [1.807, 2.05) is 12.1 Å². The largest absolute Gasteiger partial charge is 0.310 e. The number of hydrogen-bond donors (Lipinski definition) is 1. The molecule has 1 aromatic carbocycles.